The molecule has 0 saturated heterocycles. The Morgan fingerprint density at radius 1 is 1.00 bits per heavy atom. The van der Waals surface area contributed by atoms with Crippen molar-refractivity contribution in [2.45, 2.75) is 26.8 Å². The number of Topliss-reactive ketones (excluding diaryl/α,β-unsaturated/α-hetero) is 1. The zero-order chi connectivity index (χ0) is 16.8. The van der Waals surface area contributed by atoms with Gasteiger partial charge in [-0.2, -0.15) is 0 Å². The number of anilines is 3. The fraction of sp³-hybridized carbons (Fsp3) is 0.235. The van der Waals surface area contributed by atoms with Gasteiger partial charge in [0.15, 0.2) is 5.78 Å². The minimum absolute atomic E-state index is 0.0355. The van der Waals surface area contributed by atoms with E-state index in [0.717, 1.165) is 11.4 Å². The largest absolute Gasteiger partial charge is 0.354 e. The number of carbonyl (C=O) groups excluding carboxylic acids is 2. The molecule has 0 spiro atoms. The molecule has 6 nitrogen and oxygen atoms in total. The second kappa shape index (κ2) is 7.40. The molecular weight excluding hydrogens is 292 g/mol. The molecule has 0 bridgehead atoms. The number of nitrogens with one attached hydrogen (secondary N) is 3. The second-order valence-electron chi connectivity index (χ2n) is 5.44. The number of urea groups is 1. The molecule has 2 amide bonds. The minimum atomic E-state index is -0.284. The first-order valence-electron chi connectivity index (χ1n) is 7.35. The monoisotopic (exact) mass is 312 g/mol. The van der Waals surface area contributed by atoms with Crippen molar-refractivity contribution in [3.63, 3.8) is 0 Å². The van der Waals surface area contributed by atoms with E-state index in [0.29, 0.717) is 11.4 Å². The summed E-state index contributed by atoms with van der Waals surface area (Å²) in [5.74, 6) is 0.508. The van der Waals surface area contributed by atoms with Crippen LogP contribution in [0.3, 0.4) is 0 Å². The van der Waals surface area contributed by atoms with Gasteiger partial charge in [-0.25, -0.2) is 9.78 Å². The maximum atomic E-state index is 11.6. The van der Waals surface area contributed by atoms with Gasteiger partial charge in [-0.3, -0.25) is 10.1 Å². The molecule has 0 atom stereocenters. The van der Waals surface area contributed by atoms with Crippen molar-refractivity contribution in [1.29, 1.82) is 0 Å². The average molecular weight is 312 g/mol. The van der Waals surface area contributed by atoms with Crippen LogP contribution in [0.4, 0.5) is 22.0 Å². The minimum Gasteiger partial charge on any atom is -0.354 e. The van der Waals surface area contributed by atoms with Crippen LogP contribution in [-0.2, 0) is 0 Å². The van der Waals surface area contributed by atoms with Gasteiger partial charge in [-0.15, -0.1) is 0 Å². The van der Waals surface area contributed by atoms with Gasteiger partial charge in [0.1, 0.15) is 5.82 Å². The molecule has 23 heavy (non-hydrogen) atoms. The maximum absolute atomic E-state index is 11.6. The van der Waals surface area contributed by atoms with Crippen LogP contribution in [0.1, 0.15) is 31.1 Å². The molecule has 0 unspecified atom stereocenters. The van der Waals surface area contributed by atoms with E-state index in [4.69, 9.17) is 0 Å². The van der Waals surface area contributed by atoms with E-state index >= 15 is 0 Å². The number of amides is 2. The van der Waals surface area contributed by atoms with Crippen molar-refractivity contribution < 1.29 is 9.59 Å². The average Bonchev–Trinajstić information content (AvgIpc) is 2.49. The van der Waals surface area contributed by atoms with E-state index < -0.39 is 0 Å². The molecule has 0 aliphatic heterocycles. The van der Waals surface area contributed by atoms with Gasteiger partial charge in [-0.1, -0.05) is 0 Å². The molecule has 0 aliphatic carbocycles. The molecule has 0 fully saturated rings. The highest BCUT2D eigenvalue weighted by Crippen LogP contribution is 2.17. The van der Waals surface area contributed by atoms with Crippen LogP contribution in [0.25, 0.3) is 0 Å². The fourth-order valence-electron chi connectivity index (χ4n) is 1.91. The molecule has 0 radical (unpaired) electrons. The molecule has 1 aromatic carbocycles. The molecule has 2 rings (SSSR count). The van der Waals surface area contributed by atoms with Crippen LogP contribution in [0.5, 0.6) is 0 Å². The summed E-state index contributed by atoms with van der Waals surface area (Å²) in [6.07, 6.45) is 1.63. The van der Waals surface area contributed by atoms with Gasteiger partial charge in [0.05, 0.1) is 11.9 Å². The smallest absolute Gasteiger partial charge is 0.320 e. The van der Waals surface area contributed by atoms with Gasteiger partial charge >= 0.3 is 6.03 Å². The van der Waals surface area contributed by atoms with Crippen LogP contribution in [0.15, 0.2) is 42.6 Å². The Morgan fingerprint density at radius 2 is 1.65 bits per heavy atom. The maximum Gasteiger partial charge on any atom is 0.320 e. The number of pyridine rings is 1. The van der Waals surface area contributed by atoms with Gasteiger partial charge in [-0.05, 0) is 57.2 Å². The number of hydrogen-bond acceptors (Lipinski definition) is 4. The summed E-state index contributed by atoms with van der Waals surface area (Å²) in [4.78, 5) is 27.0. The summed E-state index contributed by atoms with van der Waals surface area (Å²) in [6, 6.07) is 10.5. The van der Waals surface area contributed by atoms with E-state index in [2.05, 4.69) is 20.9 Å². The van der Waals surface area contributed by atoms with E-state index in [1.807, 2.05) is 32.0 Å². The fourth-order valence-corrected chi connectivity index (χ4v) is 1.91. The number of ketones is 1. The van der Waals surface area contributed by atoms with Crippen LogP contribution < -0.4 is 16.0 Å². The van der Waals surface area contributed by atoms with Crippen LogP contribution in [0, 0.1) is 0 Å². The summed E-state index contributed by atoms with van der Waals surface area (Å²) in [5.41, 5.74) is 2.31. The molecule has 1 heterocycles. The molecule has 120 valence electrons. The van der Waals surface area contributed by atoms with Crippen molar-refractivity contribution >= 4 is 29.0 Å². The SMILES string of the molecule is CC(=O)c1ccc(Nc2ccc(NC(=O)NC(C)C)nc2)cc1. The number of carbonyl (C=O) groups is 2. The number of benzene rings is 1. The summed E-state index contributed by atoms with van der Waals surface area (Å²) < 4.78 is 0. The topological polar surface area (TPSA) is 83.1 Å². The molecule has 2 aromatic rings. The Labute approximate surface area is 135 Å². The van der Waals surface area contributed by atoms with Gasteiger partial charge in [0.25, 0.3) is 0 Å². The Bertz CT molecular complexity index is 679. The lowest BCUT2D eigenvalue weighted by Crippen LogP contribution is -2.34. The highest BCUT2D eigenvalue weighted by molar-refractivity contribution is 5.94. The molecule has 6 heteroatoms. The van der Waals surface area contributed by atoms with E-state index in [1.54, 1.807) is 24.4 Å². The van der Waals surface area contributed by atoms with Crippen LogP contribution in [0.2, 0.25) is 0 Å². The first-order chi connectivity index (χ1) is 10.9. The van der Waals surface area contributed by atoms with Crippen molar-refractivity contribution in [2.24, 2.45) is 0 Å². The molecule has 0 aliphatic rings. The van der Waals surface area contributed by atoms with Crippen molar-refractivity contribution in [3.05, 3.63) is 48.2 Å². The first kappa shape index (κ1) is 16.5. The second-order valence-corrected chi connectivity index (χ2v) is 5.44. The number of hydrogen-bond donors (Lipinski definition) is 3. The Kier molecular flexibility index (Phi) is 5.30. The van der Waals surface area contributed by atoms with Gasteiger partial charge in [0, 0.05) is 17.3 Å². The summed E-state index contributed by atoms with van der Waals surface area (Å²) in [6.45, 7) is 5.31. The van der Waals surface area contributed by atoms with Gasteiger partial charge < -0.3 is 10.6 Å². The molecule has 3 N–H and O–H groups in total. The molecule has 1 aromatic heterocycles. The van der Waals surface area contributed by atoms with Crippen LogP contribution >= 0.6 is 0 Å². The highest BCUT2D eigenvalue weighted by atomic mass is 16.2. The molecule has 0 saturated carbocycles. The lowest BCUT2D eigenvalue weighted by Gasteiger charge is -2.10. The predicted molar refractivity (Wildman–Crippen MR) is 91.3 cm³/mol. The third-order valence-corrected chi connectivity index (χ3v) is 3.00. The number of rotatable bonds is 5. The number of aromatic nitrogens is 1. The molecular formula is C17H20N4O2. The zero-order valence-corrected chi connectivity index (χ0v) is 13.4. The zero-order valence-electron chi connectivity index (χ0n) is 13.4. The lowest BCUT2D eigenvalue weighted by atomic mass is 10.1. The normalized spacial score (nSPS) is 10.3. The predicted octanol–water partition coefficient (Wildman–Crippen LogP) is 3.56. The van der Waals surface area contributed by atoms with E-state index in [9.17, 15) is 9.59 Å². The van der Waals surface area contributed by atoms with Crippen LogP contribution in [-0.4, -0.2) is 22.8 Å². The highest BCUT2D eigenvalue weighted by Gasteiger charge is 2.04. The third-order valence-electron chi connectivity index (χ3n) is 3.00. The number of nitrogens with zero attached hydrogens (tertiary/aromatic N) is 1. The first-order valence-corrected chi connectivity index (χ1v) is 7.35. The standard InChI is InChI=1S/C17H20N4O2/c1-11(2)19-17(23)21-16-9-8-15(10-18-16)20-14-6-4-13(5-7-14)12(3)22/h4-11,20H,1-3H3,(H2,18,19,21,23). The third kappa shape index (κ3) is 5.10. The Balaban J connectivity index is 1.97. The Morgan fingerprint density at radius 3 is 2.17 bits per heavy atom. The van der Waals surface area contributed by atoms with Crippen molar-refractivity contribution in [2.75, 3.05) is 10.6 Å². The Hall–Kier alpha value is -2.89. The summed E-state index contributed by atoms with van der Waals surface area (Å²) in [5, 5.41) is 8.57. The summed E-state index contributed by atoms with van der Waals surface area (Å²) >= 11 is 0. The summed E-state index contributed by atoms with van der Waals surface area (Å²) in [7, 11) is 0. The quantitative estimate of drug-likeness (QED) is 0.737. The van der Waals surface area contributed by atoms with E-state index in [1.165, 1.54) is 6.92 Å². The van der Waals surface area contributed by atoms with Gasteiger partial charge in [0.2, 0.25) is 0 Å². The lowest BCUT2D eigenvalue weighted by molar-refractivity contribution is 0.101. The van der Waals surface area contributed by atoms with Crippen molar-refractivity contribution in [1.82, 2.24) is 10.3 Å². The van der Waals surface area contributed by atoms with E-state index in [-0.39, 0.29) is 17.9 Å². The van der Waals surface area contributed by atoms with Crippen molar-refractivity contribution in [3.8, 4) is 0 Å².